The summed E-state index contributed by atoms with van der Waals surface area (Å²) in [6.45, 7) is 8.18. The van der Waals surface area contributed by atoms with E-state index >= 15 is 0 Å². The van der Waals surface area contributed by atoms with Gasteiger partial charge in [-0.1, -0.05) is 0 Å². The van der Waals surface area contributed by atoms with Crippen molar-refractivity contribution < 1.29 is 9.47 Å². The molecule has 86 valence electrons. The third kappa shape index (κ3) is 12.2. The molecule has 0 aromatic carbocycles. The van der Waals surface area contributed by atoms with Crippen molar-refractivity contribution in [2.45, 2.75) is 26.4 Å². The molecule has 0 aromatic rings. The minimum atomic E-state index is 0.323. The fraction of sp³-hybridized carbons (Fsp3) is 1.00. The standard InChI is InChI=1S/C10H22ClNO2/c1-10(2)14-9-6-12-5-3-7-13-8-4-11/h10,12H,3-9H2,1-2H3. The van der Waals surface area contributed by atoms with Gasteiger partial charge in [0.1, 0.15) is 0 Å². The van der Waals surface area contributed by atoms with E-state index in [1.807, 2.05) is 13.8 Å². The summed E-state index contributed by atoms with van der Waals surface area (Å²) in [7, 11) is 0. The molecule has 0 atom stereocenters. The van der Waals surface area contributed by atoms with Crippen molar-refractivity contribution in [2.75, 3.05) is 38.8 Å². The second-order valence-electron chi connectivity index (χ2n) is 3.32. The van der Waals surface area contributed by atoms with E-state index in [9.17, 15) is 0 Å². The zero-order chi connectivity index (χ0) is 10.6. The lowest BCUT2D eigenvalue weighted by Gasteiger charge is -2.08. The lowest BCUT2D eigenvalue weighted by molar-refractivity contribution is 0.0802. The van der Waals surface area contributed by atoms with Crippen LogP contribution < -0.4 is 5.32 Å². The van der Waals surface area contributed by atoms with E-state index in [4.69, 9.17) is 21.1 Å². The second kappa shape index (κ2) is 11.2. The van der Waals surface area contributed by atoms with Crippen LogP contribution in [0, 0.1) is 0 Å². The monoisotopic (exact) mass is 223 g/mol. The molecule has 0 bridgehead atoms. The van der Waals surface area contributed by atoms with Crippen molar-refractivity contribution in [1.29, 1.82) is 0 Å². The molecule has 0 aliphatic rings. The number of hydrogen-bond acceptors (Lipinski definition) is 3. The quantitative estimate of drug-likeness (QED) is 0.451. The van der Waals surface area contributed by atoms with E-state index in [2.05, 4.69) is 5.32 Å². The topological polar surface area (TPSA) is 30.5 Å². The number of rotatable bonds is 10. The van der Waals surface area contributed by atoms with Crippen LogP contribution in [-0.4, -0.2) is 44.9 Å². The number of alkyl halides is 1. The highest BCUT2D eigenvalue weighted by Crippen LogP contribution is 1.86. The maximum Gasteiger partial charge on any atom is 0.0601 e. The average Bonchev–Trinajstić information content (AvgIpc) is 2.15. The van der Waals surface area contributed by atoms with E-state index in [1.165, 1.54) is 0 Å². The molecular formula is C10H22ClNO2. The van der Waals surface area contributed by atoms with Gasteiger partial charge in [-0.2, -0.15) is 0 Å². The minimum Gasteiger partial charge on any atom is -0.380 e. The Morgan fingerprint density at radius 3 is 2.57 bits per heavy atom. The first-order valence-electron chi connectivity index (χ1n) is 5.23. The van der Waals surface area contributed by atoms with Gasteiger partial charge in [0.05, 0.1) is 19.3 Å². The molecule has 0 saturated heterocycles. The van der Waals surface area contributed by atoms with E-state index in [0.717, 1.165) is 32.7 Å². The lowest BCUT2D eigenvalue weighted by Crippen LogP contribution is -2.23. The van der Waals surface area contributed by atoms with Gasteiger partial charge in [0, 0.05) is 19.0 Å². The van der Waals surface area contributed by atoms with Gasteiger partial charge in [0.2, 0.25) is 0 Å². The molecule has 3 nitrogen and oxygen atoms in total. The van der Waals surface area contributed by atoms with Crippen LogP contribution in [-0.2, 0) is 9.47 Å². The number of nitrogens with one attached hydrogen (secondary N) is 1. The summed E-state index contributed by atoms with van der Waals surface area (Å²) in [5, 5.41) is 3.28. The van der Waals surface area contributed by atoms with Crippen LogP contribution in [0.4, 0.5) is 0 Å². The lowest BCUT2D eigenvalue weighted by atomic mass is 10.4. The van der Waals surface area contributed by atoms with Crippen LogP contribution >= 0.6 is 11.6 Å². The third-order valence-corrected chi connectivity index (χ3v) is 1.75. The molecule has 0 heterocycles. The third-order valence-electron chi connectivity index (χ3n) is 1.59. The first kappa shape index (κ1) is 14.2. The van der Waals surface area contributed by atoms with Gasteiger partial charge in [0.25, 0.3) is 0 Å². The Hall–Kier alpha value is 0.170. The van der Waals surface area contributed by atoms with Crippen molar-refractivity contribution in [3.8, 4) is 0 Å². The summed E-state index contributed by atoms with van der Waals surface area (Å²) >= 11 is 5.46. The van der Waals surface area contributed by atoms with Gasteiger partial charge >= 0.3 is 0 Å². The molecule has 0 fully saturated rings. The molecule has 1 N–H and O–H groups in total. The average molecular weight is 224 g/mol. The summed E-state index contributed by atoms with van der Waals surface area (Å²) in [6.07, 6.45) is 1.35. The molecule has 0 aromatic heterocycles. The molecule has 0 saturated carbocycles. The molecule has 0 radical (unpaired) electrons. The zero-order valence-electron chi connectivity index (χ0n) is 9.22. The van der Waals surface area contributed by atoms with Crippen molar-refractivity contribution in [3.63, 3.8) is 0 Å². The smallest absolute Gasteiger partial charge is 0.0601 e. The highest BCUT2D eigenvalue weighted by molar-refractivity contribution is 6.17. The first-order valence-corrected chi connectivity index (χ1v) is 5.77. The van der Waals surface area contributed by atoms with E-state index in [0.29, 0.717) is 18.6 Å². The molecule has 0 unspecified atom stereocenters. The summed E-state index contributed by atoms with van der Waals surface area (Å²) < 4.78 is 10.6. The largest absolute Gasteiger partial charge is 0.380 e. The molecule has 0 spiro atoms. The minimum absolute atomic E-state index is 0.323. The van der Waals surface area contributed by atoms with Crippen molar-refractivity contribution in [2.24, 2.45) is 0 Å². The summed E-state index contributed by atoms with van der Waals surface area (Å²) in [5.74, 6) is 0.579. The Morgan fingerprint density at radius 1 is 1.14 bits per heavy atom. The molecule has 0 rings (SSSR count). The van der Waals surface area contributed by atoms with Crippen LogP contribution in [0.2, 0.25) is 0 Å². The predicted octanol–water partition coefficient (Wildman–Crippen LogP) is 1.65. The number of hydrogen-bond donors (Lipinski definition) is 1. The van der Waals surface area contributed by atoms with Crippen LogP contribution in [0.1, 0.15) is 20.3 Å². The van der Waals surface area contributed by atoms with Gasteiger partial charge in [-0.15, -0.1) is 11.6 Å². The fourth-order valence-electron chi connectivity index (χ4n) is 0.948. The Labute approximate surface area is 92.1 Å². The number of ether oxygens (including phenoxy) is 2. The molecular weight excluding hydrogens is 202 g/mol. The van der Waals surface area contributed by atoms with Crippen LogP contribution in [0.25, 0.3) is 0 Å². The van der Waals surface area contributed by atoms with Gasteiger partial charge in [-0.3, -0.25) is 0 Å². The molecule has 0 amide bonds. The predicted molar refractivity (Wildman–Crippen MR) is 60.1 cm³/mol. The Balaban J connectivity index is 2.85. The van der Waals surface area contributed by atoms with E-state index in [1.54, 1.807) is 0 Å². The summed E-state index contributed by atoms with van der Waals surface area (Å²) in [5.41, 5.74) is 0. The fourth-order valence-corrected chi connectivity index (χ4v) is 1.06. The Bertz CT molecular complexity index is 112. The molecule has 14 heavy (non-hydrogen) atoms. The van der Waals surface area contributed by atoms with Crippen molar-refractivity contribution >= 4 is 11.6 Å². The number of halogens is 1. The van der Waals surface area contributed by atoms with E-state index < -0.39 is 0 Å². The second-order valence-corrected chi connectivity index (χ2v) is 3.70. The summed E-state index contributed by atoms with van der Waals surface area (Å²) in [4.78, 5) is 0. The maximum absolute atomic E-state index is 5.46. The molecule has 0 aliphatic carbocycles. The van der Waals surface area contributed by atoms with Crippen LogP contribution in [0.5, 0.6) is 0 Å². The van der Waals surface area contributed by atoms with Crippen molar-refractivity contribution in [3.05, 3.63) is 0 Å². The van der Waals surface area contributed by atoms with E-state index in [-0.39, 0.29) is 0 Å². The van der Waals surface area contributed by atoms with Gasteiger partial charge < -0.3 is 14.8 Å². The highest BCUT2D eigenvalue weighted by Gasteiger charge is 1.92. The SMILES string of the molecule is CC(C)OCCNCCCOCCCl. The van der Waals surface area contributed by atoms with Gasteiger partial charge in [-0.05, 0) is 26.8 Å². The Morgan fingerprint density at radius 2 is 1.93 bits per heavy atom. The normalized spacial score (nSPS) is 11.1. The highest BCUT2D eigenvalue weighted by atomic mass is 35.5. The zero-order valence-corrected chi connectivity index (χ0v) is 9.98. The molecule has 0 aliphatic heterocycles. The Kier molecular flexibility index (Phi) is 11.4. The van der Waals surface area contributed by atoms with Crippen LogP contribution in [0.3, 0.4) is 0 Å². The van der Waals surface area contributed by atoms with Crippen molar-refractivity contribution in [1.82, 2.24) is 5.32 Å². The summed E-state index contributed by atoms with van der Waals surface area (Å²) in [6, 6.07) is 0. The van der Waals surface area contributed by atoms with Gasteiger partial charge in [-0.25, -0.2) is 0 Å². The first-order chi connectivity index (χ1) is 6.77. The van der Waals surface area contributed by atoms with Gasteiger partial charge in [0.15, 0.2) is 0 Å². The van der Waals surface area contributed by atoms with Crippen LogP contribution in [0.15, 0.2) is 0 Å². The molecule has 4 heteroatoms. The maximum atomic E-state index is 5.46.